The predicted molar refractivity (Wildman–Crippen MR) is 71.1 cm³/mol. The van der Waals surface area contributed by atoms with E-state index in [4.69, 9.17) is 21.1 Å². The second-order valence-corrected chi connectivity index (χ2v) is 6.02. The van der Waals surface area contributed by atoms with Gasteiger partial charge < -0.3 is 9.52 Å². The fourth-order valence-corrected chi connectivity index (χ4v) is 2.84. The first kappa shape index (κ1) is 14.6. The van der Waals surface area contributed by atoms with Crippen LogP contribution in [0.5, 0.6) is 0 Å². The molecule has 0 spiro atoms. The molecule has 1 heterocycles. The summed E-state index contributed by atoms with van der Waals surface area (Å²) in [5.74, 6) is -0.760. The Morgan fingerprint density at radius 3 is 2.65 bits per heavy atom. The fraction of sp³-hybridized carbons (Fsp3) is 0.0833. The first-order valence-corrected chi connectivity index (χ1v) is 7.31. The molecule has 0 radical (unpaired) electrons. The Morgan fingerprint density at radius 2 is 2.10 bits per heavy atom. The van der Waals surface area contributed by atoms with E-state index in [1.54, 1.807) is 12.1 Å². The molecule has 0 unspecified atom stereocenters. The minimum absolute atomic E-state index is 0.00632. The number of nitrogens with one attached hydrogen (secondary N) is 1. The molecule has 0 saturated carbocycles. The molecule has 2 rings (SSSR count). The Morgan fingerprint density at radius 1 is 1.35 bits per heavy atom. The normalized spacial score (nSPS) is 11.4. The van der Waals surface area contributed by atoms with Crippen LogP contribution in [-0.2, 0) is 16.6 Å². The number of carbonyl (C=O) groups is 1. The number of carboxylic acid groups (broad SMARTS) is 1. The maximum Gasteiger partial charge on any atom is 0.337 e. The van der Waals surface area contributed by atoms with Crippen molar-refractivity contribution in [3.63, 3.8) is 0 Å². The average molecular weight is 316 g/mol. The highest BCUT2D eigenvalue weighted by molar-refractivity contribution is 7.89. The molecule has 0 aliphatic carbocycles. The van der Waals surface area contributed by atoms with Crippen molar-refractivity contribution in [1.82, 2.24) is 4.72 Å². The highest BCUT2D eigenvalue weighted by Crippen LogP contribution is 2.21. The Labute approximate surface area is 120 Å². The van der Waals surface area contributed by atoms with E-state index in [0.717, 1.165) is 12.1 Å². The van der Waals surface area contributed by atoms with E-state index in [-0.39, 0.29) is 22.0 Å². The van der Waals surface area contributed by atoms with Crippen LogP contribution in [0.1, 0.15) is 16.1 Å². The van der Waals surface area contributed by atoms with Crippen LogP contribution < -0.4 is 4.72 Å². The largest absolute Gasteiger partial charge is 0.478 e. The van der Waals surface area contributed by atoms with Crippen LogP contribution in [0.25, 0.3) is 0 Å². The van der Waals surface area contributed by atoms with Gasteiger partial charge in [-0.15, -0.1) is 0 Å². The zero-order chi connectivity index (χ0) is 14.8. The van der Waals surface area contributed by atoms with Crippen LogP contribution in [0.2, 0.25) is 5.02 Å². The van der Waals surface area contributed by atoms with Crippen LogP contribution in [-0.4, -0.2) is 19.5 Å². The summed E-state index contributed by atoms with van der Waals surface area (Å²) in [5.41, 5.74) is -0.156. The monoisotopic (exact) mass is 315 g/mol. The lowest BCUT2D eigenvalue weighted by molar-refractivity contribution is 0.0697. The van der Waals surface area contributed by atoms with E-state index in [2.05, 4.69) is 4.72 Å². The number of sulfonamides is 1. The third-order valence-electron chi connectivity index (χ3n) is 2.50. The maximum absolute atomic E-state index is 12.0. The van der Waals surface area contributed by atoms with Crippen molar-refractivity contribution in [2.75, 3.05) is 0 Å². The molecule has 0 amide bonds. The second kappa shape index (κ2) is 5.66. The van der Waals surface area contributed by atoms with Crippen LogP contribution in [0.4, 0.5) is 0 Å². The van der Waals surface area contributed by atoms with Crippen LogP contribution in [0.3, 0.4) is 0 Å². The number of aromatic carboxylic acids is 1. The van der Waals surface area contributed by atoms with E-state index in [1.165, 1.54) is 12.3 Å². The summed E-state index contributed by atoms with van der Waals surface area (Å²) in [6.07, 6.45) is 1.43. The molecule has 1 aromatic carbocycles. The van der Waals surface area contributed by atoms with Gasteiger partial charge in [0, 0.05) is 0 Å². The lowest BCUT2D eigenvalue weighted by Gasteiger charge is -2.07. The lowest BCUT2D eigenvalue weighted by atomic mass is 10.2. The van der Waals surface area contributed by atoms with Crippen molar-refractivity contribution < 1.29 is 22.7 Å². The van der Waals surface area contributed by atoms with Crippen LogP contribution >= 0.6 is 11.6 Å². The van der Waals surface area contributed by atoms with Gasteiger partial charge in [0.05, 0.1) is 28.3 Å². The first-order valence-electron chi connectivity index (χ1n) is 5.45. The van der Waals surface area contributed by atoms with Gasteiger partial charge >= 0.3 is 5.97 Å². The predicted octanol–water partition coefficient (Wildman–Crippen LogP) is 2.11. The van der Waals surface area contributed by atoms with Gasteiger partial charge in [-0.05, 0) is 30.3 Å². The maximum atomic E-state index is 12.0. The van der Waals surface area contributed by atoms with E-state index in [1.807, 2.05) is 0 Å². The molecule has 0 atom stereocenters. The summed E-state index contributed by atoms with van der Waals surface area (Å²) in [6, 6.07) is 6.69. The standard InChI is InChI=1S/C12H10ClNO5S/c13-11-6-9(3-4-10(11)12(15)16)20(17,18)14-7-8-2-1-5-19-8/h1-6,14H,7H2,(H,15,16). The van der Waals surface area contributed by atoms with Crippen LogP contribution in [0, 0.1) is 0 Å². The van der Waals surface area contributed by atoms with E-state index < -0.39 is 16.0 Å². The van der Waals surface area contributed by atoms with Crippen molar-refractivity contribution >= 4 is 27.6 Å². The molecule has 0 aliphatic rings. The number of benzene rings is 1. The number of carboxylic acids is 1. The van der Waals surface area contributed by atoms with E-state index in [0.29, 0.717) is 5.76 Å². The van der Waals surface area contributed by atoms with Crippen LogP contribution in [0.15, 0.2) is 45.9 Å². The van der Waals surface area contributed by atoms with Crippen molar-refractivity contribution in [3.05, 3.63) is 52.9 Å². The quantitative estimate of drug-likeness (QED) is 0.880. The number of rotatable bonds is 5. The molecule has 20 heavy (non-hydrogen) atoms. The molecule has 0 bridgehead atoms. The smallest absolute Gasteiger partial charge is 0.337 e. The van der Waals surface area contributed by atoms with Crippen molar-refractivity contribution in [2.24, 2.45) is 0 Å². The van der Waals surface area contributed by atoms with Crippen molar-refractivity contribution in [2.45, 2.75) is 11.4 Å². The minimum atomic E-state index is -3.79. The molecule has 6 nitrogen and oxygen atoms in total. The highest BCUT2D eigenvalue weighted by atomic mass is 35.5. The van der Waals surface area contributed by atoms with Gasteiger partial charge in [0.2, 0.25) is 10.0 Å². The highest BCUT2D eigenvalue weighted by Gasteiger charge is 2.17. The van der Waals surface area contributed by atoms with Gasteiger partial charge in [-0.3, -0.25) is 0 Å². The minimum Gasteiger partial charge on any atom is -0.478 e. The number of hydrogen-bond acceptors (Lipinski definition) is 4. The summed E-state index contributed by atoms with van der Waals surface area (Å²) in [6.45, 7) is -0.00632. The molecule has 0 aliphatic heterocycles. The zero-order valence-corrected chi connectivity index (χ0v) is 11.6. The molecule has 8 heteroatoms. The fourth-order valence-electron chi connectivity index (χ4n) is 1.50. The van der Waals surface area contributed by atoms with Gasteiger partial charge in [0.15, 0.2) is 0 Å². The van der Waals surface area contributed by atoms with Gasteiger partial charge in [-0.2, -0.15) is 0 Å². The number of furan rings is 1. The van der Waals surface area contributed by atoms with Gasteiger partial charge in [-0.1, -0.05) is 11.6 Å². The van der Waals surface area contributed by atoms with Gasteiger partial charge in [-0.25, -0.2) is 17.9 Å². The topological polar surface area (TPSA) is 96.6 Å². The molecule has 0 saturated heterocycles. The van der Waals surface area contributed by atoms with E-state index in [9.17, 15) is 13.2 Å². The molecule has 2 N–H and O–H groups in total. The zero-order valence-electron chi connectivity index (χ0n) is 10.0. The molecule has 0 fully saturated rings. The SMILES string of the molecule is O=C(O)c1ccc(S(=O)(=O)NCc2ccco2)cc1Cl. The third kappa shape index (κ3) is 3.19. The molecule has 2 aromatic rings. The number of hydrogen-bond donors (Lipinski definition) is 2. The van der Waals surface area contributed by atoms with Gasteiger partial charge in [0.1, 0.15) is 5.76 Å². The first-order chi connectivity index (χ1) is 9.40. The summed E-state index contributed by atoms with van der Waals surface area (Å²) in [5, 5.41) is 8.69. The summed E-state index contributed by atoms with van der Waals surface area (Å²) < 4.78 is 31.3. The number of halogens is 1. The molecular weight excluding hydrogens is 306 g/mol. The Balaban J connectivity index is 2.21. The third-order valence-corrected chi connectivity index (χ3v) is 4.21. The summed E-state index contributed by atoms with van der Waals surface area (Å²) >= 11 is 5.74. The molecule has 106 valence electrons. The summed E-state index contributed by atoms with van der Waals surface area (Å²) in [7, 11) is -3.79. The summed E-state index contributed by atoms with van der Waals surface area (Å²) in [4.78, 5) is 10.7. The molecular formula is C12H10ClNO5S. The Bertz CT molecular complexity index is 724. The lowest BCUT2D eigenvalue weighted by Crippen LogP contribution is -2.23. The Hall–Kier alpha value is -1.83. The van der Waals surface area contributed by atoms with Gasteiger partial charge in [0.25, 0.3) is 0 Å². The van der Waals surface area contributed by atoms with E-state index >= 15 is 0 Å². The average Bonchev–Trinajstić information content (AvgIpc) is 2.89. The Kier molecular flexibility index (Phi) is 4.12. The second-order valence-electron chi connectivity index (χ2n) is 3.85. The van der Waals surface area contributed by atoms with Crippen molar-refractivity contribution in [3.8, 4) is 0 Å². The van der Waals surface area contributed by atoms with Crippen molar-refractivity contribution in [1.29, 1.82) is 0 Å². The molecule has 1 aromatic heterocycles.